The van der Waals surface area contributed by atoms with Crippen LogP contribution in [0.3, 0.4) is 0 Å². The average Bonchev–Trinajstić information content (AvgIpc) is 3.23. The molecule has 0 aliphatic heterocycles. The summed E-state index contributed by atoms with van der Waals surface area (Å²) in [6, 6.07) is 13.3. The van der Waals surface area contributed by atoms with Crippen LogP contribution in [0.25, 0.3) is 11.0 Å². The molecule has 1 heterocycles. The highest BCUT2D eigenvalue weighted by atomic mass is 16.5. The fraction of sp³-hybridized carbons (Fsp3) is 0.500. The number of rotatable bonds is 15. The van der Waals surface area contributed by atoms with Crippen molar-refractivity contribution in [2.24, 2.45) is 0 Å². The molecule has 0 aliphatic rings. The molecule has 2 aromatic carbocycles. The molecule has 0 amide bonds. The Bertz CT molecular complexity index is 1060. The van der Waals surface area contributed by atoms with E-state index in [1.807, 2.05) is 42.5 Å². The Morgan fingerprint density at radius 2 is 1.63 bits per heavy atom. The van der Waals surface area contributed by atoms with Crippen LogP contribution in [0, 0.1) is 0 Å². The molecular weight excluding hydrogens is 436 g/mol. The second-order valence-corrected chi connectivity index (χ2v) is 9.52. The van der Waals surface area contributed by atoms with Crippen LogP contribution < -0.4 is 10.5 Å². The number of fused-ring (bicyclic) bond motifs is 1. The second-order valence-electron chi connectivity index (χ2n) is 9.52. The van der Waals surface area contributed by atoms with Crippen LogP contribution in [0.15, 0.2) is 46.9 Å². The van der Waals surface area contributed by atoms with Crippen LogP contribution in [-0.4, -0.2) is 36.4 Å². The number of ketones is 1. The highest BCUT2D eigenvalue weighted by molar-refractivity contribution is 6.17. The van der Waals surface area contributed by atoms with E-state index in [1.165, 1.54) is 25.7 Å². The first kappa shape index (κ1) is 26.8. The number of carbonyl (C=O) groups is 1. The summed E-state index contributed by atoms with van der Waals surface area (Å²) in [5, 5.41) is 0.787. The molecule has 0 saturated carbocycles. The zero-order chi connectivity index (χ0) is 25.2. The summed E-state index contributed by atoms with van der Waals surface area (Å²) in [4.78, 5) is 16.1. The number of ether oxygens (including phenoxy) is 1. The fourth-order valence-corrected chi connectivity index (χ4v) is 4.37. The Kier molecular flexibility index (Phi) is 10.2. The largest absolute Gasteiger partial charge is 0.492 e. The van der Waals surface area contributed by atoms with Gasteiger partial charge in [0, 0.05) is 29.1 Å². The molecule has 0 radical (unpaired) electrons. The molecule has 0 fully saturated rings. The maximum atomic E-state index is 13.5. The number of hydrogen-bond donors (Lipinski definition) is 1. The lowest BCUT2D eigenvalue weighted by atomic mass is 9.98. The molecule has 0 saturated heterocycles. The number of unbranched alkanes of at least 4 members (excludes halogenated alkanes) is 3. The van der Waals surface area contributed by atoms with Gasteiger partial charge in [0.15, 0.2) is 5.78 Å². The molecule has 190 valence electrons. The number of furan rings is 1. The van der Waals surface area contributed by atoms with E-state index in [-0.39, 0.29) is 5.78 Å². The van der Waals surface area contributed by atoms with E-state index >= 15 is 0 Å². The lowest BCUT2D eigenvalue weighted by Gasteiger charge is -2.29. The standard InChI is InChI=1S/C30H42N2O3/c1-5-8-11-28-29(26-20-24(31)14-17-27(26)35-28)30(33)23-12-15-25(16-13-23)34-21-22(4)32(18-9-6-2)19-10-7-3/h12-17,20,22H,5-11,18-19,21,31H2,1-4H3/t22-/m0/s1. The third kappa shape index (κ3) is 7.11. The second kappa shape index (κ2) is 13.3. The third-order valence-corrected chi connectivity index (χ3v) is 6.60. The minimum atomic E-state index is -0.0364. The SMILES string of the molecule is CCCCc1oc2ccc(N)cc2c1C(=O)c1ccc(OC[C@H](C)N(CCCC)CCCC)cc1. The van der Waals surface area contributed by atoms with Gasteiger partial charge in [0.05, 0.1) is 5.56 Å². The first-order chi connectivity index (χ1) is 17.0. The number of hydrogen-bond acceptors (Lipinski definition) is 5. The topological polar surface area (TPSA) is 68.7 Å². The van der Waals surface area contributed by atoms with Crippen molar-refractivity contribution in [1.82, 2.24) is 4.90 Å². The molecule has 0 bridgehead atoms. The van der Waals surface area contributed by atoms with Crippen molar-refractivity contribution in [3.63, 3.8) is 0 Å². The van der Waals surface area contributed by atoms with Gasteiger partial charge in [0.25, 0.3) is 0 Å². The van der Waals surface area contributed by atoms with Gasteiger partial charge in [0.2, 0.25) is 0 Å². The Balaban J connectivity index is 1.72. The minimum absolute atomic E-state index is 0.0364. The third-order valence-electron chi connectivity index (χ3n) is 6.60. The van der Waals surface area contributed by atoms with Gasteiger partial charge in [0.1, 0.15) is 23.7 Å². The van der Waals surface area contributed by atoms with Crippen molar-refractivity contribution in [2.45, 2.75) is 78.7 Å². The molecule has 5 heteroatoms. The zero-order valence-electron chi connectivity index (χ0n) is 21.9. The number of nitrogens with zero attached hydrogens (tertiary/aromatic N) is 1. The smallest absolute Gasteiger partial charge is 0.197 e. The van der Waals surface area contributed by atoms with E-state index in [2.05, 4.69) is 32.6 Å². The molecule has 2 N–H and O–H groups in total. The summed E-state index contributed by atoms with van der Waals surface area (Å²) in [5.41, 5.74) is 8.61. The maximum absolute atomic E-state index is 13.5. The Morgan fingerprint density at radius 3 is 2.26 bits per heavy atom. The summed E-state index contributed by atoms with van der Waals surface area (Å²) in [6.45, 7) is 11.7. The minimum Gasteiger partial charge on any atom is -0.492 e. The Hall–Kier alpha value is -2.79. The van der Waals surface area contributed by atoms with Gasteiger partial charge in [-0.1, -0.05) is 40.0 Å². The van der Waals surface area contributed by atoms with Crippen molar-refractivity contribution in [3.05, 3.63) is 59.4 Å². The van der Waals surface area contributed by atoms with Crippen molar-refractivity contribution >= 4 is 22.4 Å². The molecule has 1 atom stereocenters. The van der Waals surface area contributed by atoms with Gasteiger partial charge in [-0.2, -0.15) is 0 Å². The molecule has 3 aromatic rings. The Morgan fingerprint density at radius 1 is 0.971 bits per heavy atom. The van der Waals surface area contributed by atoms with Crippen molar-refractivity contribution in [2.75, 3.05) is 25.4 Å². The number of nitrogens with two attached hydrogens (primary N) is 1. The summed E-state index contributed by atoms with van der Waals surface area (Å²) >= 11 is 0. The van der Waals surface area contributed by atoms with Crippen LogP contribution in [-0.2, 0) is 6.42 Å². The van der Waals surface area contributed by atoms with Crippen molar-refractivity contribution < 1.29 is 13.9 Å². The summed E-state index contributed by atoms with van der Waals surface area (Å²) in [7, 11) is 0. The van der Waals surface area contributed by atoms with Crippen molar-refractivity contribution in [3.8, 4) is 5.75 Å². The highest BCUT2D eigenvalue weighted by Crippen LogP contribution is 2.31. The molecule has 0 spiro atoms. The van der Waals surface area contributed by atoms with Crippen LogP contribution >= 0.6 is 0 Å². The molecular formula is C30H42N2O3. The van der Waals surface area contributed by atoms with Crippen molar-refractivity contribution in [1.29, 1.82) is 0 Å². The van der Waals surface area contributed by atoms with Crippen LogP contribution in [0.1, 0.15) is 87.9 Å². The quantitative estimate of drug-likeness (QED) is 0.184. The number of benzene rings is 2. The molecule has 3 rings (SSSR count). The highest BCUT2D eigenvalue weighted by Gasteiger charge is 2.22. The molecule has 35 heavy (non-hydrogen) atoms. The van der Waals surface area contributed by atoms with Gasteiger partial charge in [-0.05, 0) is 81.7 Å². The lowest BCUT2D eigenvalue weighted by molar-refractivity contribution is 0.103. The number of aryl methyl sites for hydroxylation is 1. The molecule has 0 aliphatic carbocycles. The first-order valence-electron chi connectivity index (χ1n) is 13.3. The zero-order valence-corrected chi connectivity index (χ0v) is 21.9. The van der Waals surface area contributed by atoms with E-state index in [0.29, 0.717) is 35.0 Å². The van der Waals surface area contributed by atoms with Crippen LogP contribution in [0.4, 0.5) is 5.69 Å². The lowest BCUT2D eigenvalue weighted by Crippen LogP contribution is -2.38. The summed E-state index contributed by atoms with van der Waals surface area (Å²) in [5.74, 6) is 1.49. The van der Waals surface area contributed by atoms with Gasteiger partial charge < -0.3 is 14.9 Å². The summed E-state index contributed by atoms with van der Waals surface area (Å²) < 4.78 is 12.2. The van der Waals surface area contributed by atoms with E-state index in [9.17, 15) is 4.79 Å². The predicted octanol–water partition coefficient (Wildman–Crippen LogP) is 7.26. The molecule has 5 nitrogen and oxygen atoms in total. The molecule has 1 aromatic heterocycles. The number of anilines is 1. The first-order valence-corrected chi connectivity index (χ1v) is 13.3. The Labute approximate surface area is 210 Å². The van der Waals surface area contributed by atoms with Gasteiger partial charge in [-0.15, -0.1) is 0 Å². The fourth-order valence-electron chi connectivity index (χ4n) is 4.37. The predicted molar refractivity (Wildman–Crippen MR) is 145 cm³/mol. The van der Waals surface area contributed by atoms with Crippen LogP contribution in [0.5, 0.6) is 5.75 Å². The number of carbonyl (C=O) groups excluding carboxylic acids is 1. The maximum Gasteiger partial charge on any atom is 0.197 e. The van der Waals surface area contributed by atoms with E-state index in [0.717, 1.165) is 49.2 Å². The van der Waals surface area contributed by atoms with Gasteiger partial charge in [-0.3, -0.25) is 9.69 Å². The molecule has 0 unspecified atom stereocenters. The van der Waals surface area contributed by atoms with E-state index in [4.69, 9.17) is 14.9 Å². The average molecular weight is 479 g/mol. The van der Waals surface area contributed by atoms with E-state index in [1.54, 1.807) is 0 Å². The van der Waals surface area contributed by atoms with Crippen LogP contribution in [0.2, 0.25) is 0 Å². The van der Waals surface area contributed by atoms with Gasteiger partial charge >= 0.3 is 0 Å². The monoisotopic (exact) mass is 478 g/mol. The summed E-state index contributed by atoms with van der Waals surface area (Å²) in [6.07, 6.45) is 7.55. The van der Waals surface area contributed by atoms with Gasteiger partial charge in [-0.25, -0.2) is 0 Å². The van der Waals surface area contributed by atoms with E-state index < -0.39 is 0 Å². The number of nitrogen functional groups attached to an aromatic ring is 1. The normalized spacial score (nSPS) is 12.4.